The highest BCUT2D eigenvalue weighted by Crippen LogP contribution is 2.08. The van der Waals surface area contributed by atoms with Crippen molar-refractivity contribution in [3.8, 4) is 0 Å². The van der Waals surface area contributed by atoms with Crippen molar-refractivity contribution < 1.29 is 0 Å². The highest BCUT2D eigenvalue weighted by Gasteiger charge is 1.92. The molecule has 8 heavy (non-hydrogen) atoms. The first-order valence-electron chi connectivity index (χ1n) is 2.23. The van der Waals surface area contributed by atoms with Gasteiger partial charge in [-0.15, -0.1) is 16.9 Å². The number of aromatic nitrogens is 3. The Morgan fingerprint density at radius 2 is 2.50 bits per heavy atom. The van der Waals surface area contributed by atoms with Crippen molar-refractivity contribution in [1.82, 2.24) is 15.0 Å². The van der Waals surface area contributed by atoms with Crippen LogP contribution in [0.25, 0.3) is 0 Å². The summed E-state index contributed by atoms with van der Waals surface area (Å²) in [6.45, 7) is 0. The zero-order valence-electron chi connectivity index (χ0n) is 4.83. The Balaban J connectivity index is 2.92. The Hall–Kier alpha value is -0.510. The van der Waals surface area contributed by atoms with Gasteiger partial charge in [0.05, 0.1) is 6.20 Å². The van der Waals surface area contributed by atoms with Crippen LogP contribution in [0.1, 0.15) is 0 Å². The van der Waals surface area contributed by atoms with Crippen molar-refractivity contribution in [3.05, 3.63) is 6.20 Å². The van der Waals surface area contributed by atoms with Crippen molar-refractivity contribution in [2.24, 2.45) is 7.05 Å². The van der Waals surface area contributed by atoms with Crippen molar-refractivity contribution in [2.45, 2.75) is 5.03 Å². The van der Waals surface area contributed by atoms with Crippen LogP contribution in [0.15, 0.2) is 11.2 Å². The van der Waals surface area contributed by atoms with Crippen LogP contribution in [-0.2, 0) is 7.05 Å². The number of rotatable bonds is 1. The molecular formula is C4H7N3S. The monoisotopic (exact) mass is 129 g/mol. The molecule has 1 rings (SSSR count). The summed E-state index contributed by atoms with van der Waals surface area (Å²) in [6.07, 6.45) is 3.74. The van der Waals surface area contributed by atoms with Crippen LogP contribution in [0.5, 0.6) is 0 Å². The maximum absolute atomic E-state index is 3.73. The van der Waals surface area contributed by atoms with Gasteiger partial charge in [0.1, 0.15) is 5.03 Å². The van der Waals surface area contributed by atoms with Gasteiger partial charge in [-0.3, -0.25) is 0 Å². The molecule has 3 nitrogen and oxygen atoms in total. The lowest BCUT2D eigenvalue weighted by Gasteiger charge is -1.89. The maximum Gasteiger partial charge on any atom is 0.114 e. The minimum Gasteiger partial charge on any atom is -0.242 e. The summed E-state index contributed by atoms with van der Waals surface area (Å²) in [4.78, 5) is 0. The Kier molecular flexibility index (Phi) is 1.53. The maximum atomic E-state index is 3.73. The number of hydrogen-bond acceptors (Lipinski definition) is 3. The summed E-state index contributed by atoms with van der Waals surface area (Å²) < 4.78 is 1.74. The Labute approximate surface area is 52.1 Å². The summed E-state index contributed by atoms with van der Waals surface area (Å²) in [6, 6.07) is 0. The molecule has 0 saturated heterocycles. The number of hydrogen-bond donors (Lipinski definition) is 0. The van der Waals surface area contributed by atoms with Crippen LogP contribution >= 0.6 is 11.8 Å². The predicted molar refractivity (Wildman–Crippen MR) is 32.8 cm³/mol. The fourth-order valence-corrected chi connectivity index (χ4v) is 0.918. The van der Waals surface area contributed by atoms with Gasteiger partial charge < -0.3 is 0 Å². The molecule has 1 aromatic rings. The molecule has 0 N–H and O–H groups in total. The average molecular weight is 129 g/mol. The molecule has 0 amide bonds. The van der Waals surface area contributed by atoms with Crippen LogP contribution in [0.3, 0.4) is 0 Å². The molecule has 0 bridgehead atoms. The van der Waals surface area contributed by atoms with Gasteiger partial charge in [0, 0.05) is 7.05 Å². The first kappa shape index (κ1) is 5.62. The van der Waals surface area contributed by atoms with Crippen molar-refractivity contribution in [3.63, 3.8) is 0 Å². The Morgan fingerprint density at radius 1 is 1.75 bits per heavy atom. The third-order valence-electron chi connectivity index (χ3n) is 0.882. The molecule has 0 saturated carbocycles. The third-order valence-corrected chi connectivity index (χ3v) is 1.67. The van der Waals surface area contributed by atoms with Crippen molar-refractivity contribution in [1.29, 1.82) is 0 Å². The van der Waals surface area contributed by atoms with Gasteiger partial charge in [-0.2, -0.15) is 0 Å². The zero-order chi connectivity index (χ0) is 5.98. The number of aryl methyl sites for hydroxylation is 1. The lowest BCUT2D eigenvalue weighted by molar-refractivity contribution is 0.666. The van der Waals surface area contributed by atoms with Crippen LogP contribution < -0.4 is 0 Å². The van der Waals surface area contributed by atoms with Crippen LogP contribution in [0.2, 0.25) is 0 Å². The molecule has 4 heteroatoms. The van der Waals surface area contributed by atoms with Gasteiger partial charge in [0.15, 0.2) is 0 Å². The average Bonchev–Trinajstić information content (AvgIpc) is 2.14. The third kappa shape index (κ3) is 0.838. The molecule has 0 atom stereocenters. The molecule has 0 aliphatic heterocycles. The molecule has 44 valence electrons. The molecule has 0 spiro atoms. The van der Waals surface area contributed by atoms with Crippen molar-refractivity contribution in [2.75, 3.05) is 6.26 Å². The van der Waals surface area contributed by atoms with E-state index in [0.717, 1.165) is 5.03 Å². The molecule has 0 aliphatic rings. The molecular weight excluding hydrogens is 122 g/mol. The van der Waals surface area contributed by atoms with E-state index in [1.165, 1.54) is 0 Å². The standard InChI is InChI=1S/C4H7N3S/c1-7-4(8-2)3-5-6-7/h3H,1-2H3. The molecule has 0 aromatic carbocycles. The van der Waals surface area contributed by atoms with Gasteiger partial charge in [0.2, 0.25) is 0 Å². The lowest BCUT2D eigenvalue weighted by atomic mass is 10.9. The second-order valence-corrected chi connectivity index (χ2v) is 2.23. The van der Waals surface area contributed by atoms with E-state index in [-0.39, 0.29) is 0 Å². The van der Waals surface area contributed by atoms with Gasteiger partial charge in [-0.25, -0.2) is 4.68 Å². The summed E-state index contributed by atoms with van der Waals surface area (Å²) in [5.41, 5.74) is 0. The van der Waals surface area contributed by atoms with Gasteiger partial charge in [-0.1, -0.05) is 5.21 Å². The van der Waals surface area contributed by atoms with Crippen LogP contribution in [0, 0.1) is 0 Å². The molecule has 0 radical (unpaired) electrons. The van der Waals surface area contributed by atoms with Crippen LogP contribution in [0.4, 0.5) is 0 Å². The Bertz CT molecular complexity index is 172. The highest BCUT2D eigenvalue weighted by molar-refractivity contribution is 7.98. The van der Waals surface area contributed by atoms with Crippen molar-refractivity contribution >= 4 is 11.8 Å². The molecule has 0 aliphatic carbocycles. The summed E-state index contributed by atoms with van der Waals surface area (Å²) in [5.74, 6) is 0. The van der Waals surface area contributed by atoms with E-state index in [1.807, 2.05) is 13.3 Å². The van der Waals surface area contributed by atoms with E-state index in [1.54, 1.807) is 22.6 Å². The summed E-state index contributed by atoms with van der Waals surface area (Å²) >= 11 is 1.64. The zero-order valence-corrected chi connectivity index (χ0v) is 5.64. The summed E-state index contributed by atoms with van der Waals surface area (Å²) in [5, 5.41) is 8.51. The smallest absolute Gasteiger partial charge is 0.114 e. The highest BCUT2D eigenvalue weighted by atomic mass is 32.2. The normalized spacial score (nSPS) is 9.75. The number of nitrogens with zero attached hydrogens (tertiary/aromatic N) is 3. The van der Waals surface area contributed by atoms with E-state index >= 15 is 0 Å². The second-order valence-electron chi connectivity index (χ2n) is 1.40. The quantitative estimate of drug-likeness (QED) is 0.518. The largest absolute Gasteiger partial charge is 0.242 e. The van der Waals surface area contributed by atoms with E-state index in [9.17, 15) is 0 Å². The van der Waals surface area contributed by atoms with E-state index in [2.05, 4.69) is 10.3 Å². The fraction of sp³-hybridized carbons (Fsp3) is 0.500. The topological polar surface area (TPSA) is 30.7 Å². The first-order chi connectivity index (χ1) is 3.84. The van der Waals surface area contributed by atoms with E-state index in [0.29, 0.717) is 0 Å². The van der Waals surface area contributed by atoms with E-state index in [4.69, 9.17) is 0 Å². The van der Waals surface area contributed by atoms with Crippen LogP contribution in [-0.4, -0.2) is 21.2 Å². The first-order valence-corrected chi connectivity index (χ1v) is 3.45. The SMILES string of the molecule is CSc1cnnn1C. The summed E-state index contributed by atoms with van der Waals surface area (Å²) in [7, 11) is 1.87. The lowest BCUT2D eigenvalue weighted by Crippen LogP contribution is -1.90. The second kappa shape index (κ2) is 2.17. The predicted octanol–water partition coefficient (Wildman–Crippen LogP) is 0.537. The molecule has 1 aromatic heterocycles. The van der Waals surface area contributed by atoms with Gasteiger partial charge in [0.25, 0.3) is 0 Å². The Morgan fingerprint density at radius 3 is 2.75 bits per heavy atom. The number of thioether (sulfide) groups is 1. The minimum absolute atomic E-state index is 1.09. The molecule has 0 fully saturated rings. The minimum atomic E-state index is 1.09. The van der Waals surface area contributed by atoms with Gasteiger partial charge >= 0.3 is 0 Å². The van der Waals surface area contributed by atoms with E-state index < -0.39 is 0 Å². The molecule has 0 unspecified atom stereocenters. The molecule has 1 heterocycles. The fourth-order valence-electron chi connectivity index (χ4n) is 0.465. The van der Waals surface area contributed by atoms with Gasteiger partial charge in [-0.05, 0) is 6.26 Å².